The minimum absolute atomic E-state index is 0.0180. The SMILES string of the molecule is CCNC(=O)N1CCC[C@@H](c2n[nH]c(C)n2)C1. The number of nitrogens with one attached hydrogen (secondary N) is 2. The van der Waals surface area contributed by atoms with Gasteiger partial charge in [0.25, 0.3) is 0 Å². The number of likely N-dealkylation sites (tertiary alicyclic amines) is 1. The van der Waals surface area contributed by atoms with Gasteiger partial charge in [0.05, 0.1) is 0 Å². The van der Waals surface area contributed by atoms with E-state index in [4.69, 9.17) is 0 Å². The van der Waals surface area contributed by atoms with Crippen LogP contribution >= 0.6 is 0 Å². The van der Waals surface area contributed by atoms with E-state index in [1.807, 2.05) is 18.7 Å². The maximum Gasteiger partial charge on any atom is 0.317 e. The van der Waals surface area contributed by atoms with Crippen molar-refractivity contribution in [3.05, 3.63) is 11.6 Å². The molecule has 2 N–H and O–H groups in total. The third kappa shape index (κ3) is 2.75. The molecule has 1 aliphatic rings. The highest BCUT2D eigenvalue weighted by molar-refractivity contribution is 5.74. The largest absolute Gasteiger partial charge is 0.338 e. The van der Waals surface area contributed by atoms with Gasteiger partial charge < -0.3 is 10.2 Å². The van der Waals surface area contributed by atoms with E-state index < -0.39 is 0 Å². The average Bonchev–Trinajstić information content (AvgIpc) is 2.76. The van der Waals surface area contributed by atoms with Crippen molar-refractivity contribution in [2.24, 2.45) is 0 Å². The van der Waals surface area contributed by atoms with Crippen LogP contribution in [0.15, 0.2) is 0 Å². The standard InChI is InChI=1S/C11H19N5O/c1-3-12-11(17)16-6-4-5-9(7-16)10-13-8(2)14-15-10/h9H,3-7H2,1-2H3,(H,12,17)(H,13,14,15)/t9-/m1/s1. The van der Waals surface area contributed by atoms with Crippen molar-refractivity contribution in [3.8, 4) is 0 Å². The number of aromatic nitrogens is 3. The van der Waals surface area contributed by atoms with Crippen LogP contribution in [-0.4, -0.2) is 45.7 Å². The zero-order valence-corrected chi connectivity index (χ0v) is 10.4. The molecule has 1 aromatic rings. The second-order valence-electron chi connectivity index (χ2n) is 4.40. The third-order valence-electron chi connectivity index (χ3n) is 3.02. The van der Waals surface area contributed by atoms with E-state index in [1.165, 1.54) is 0 Å². The highest BCUT2D eigenvalue weighted by Crippen LogP contribution is 2.24. The summed E-state index contributed by atoms with van der Waals surface area (Å²) in [7, 11) is 0. The van der Waals surface area contributed by atoms with Crippen LogP contribution in [-0.2, 0) is 0 Å². The van der Waals surface area contributed by atoms with Gasteiger partial charge in [0.1, 0.15) is 5.82 Å². The number of carbonyl (C=O) groups is 1. The number of aryl methyl sites for hydroxylation is 1. The Morgan fingerprint density at radius 3 is 3.12 bits per heavy atom. The summed E-state index contributed by atoms with van der Waals surface area (Å²) >= 11 is 0. The third-order valence-corrected chi connectivity index (χ3v) is 3.02. The van der Waals surface area contributed by atoms with E-state index in [0.29, 0.717) is 13.1 Å². The van der Waals surface area contributed by atoms with Gasteiger partial charge >= 0.3 is 6.03 Å². The lowest BCUT2D eigenvalue weighted by Crippen LogP contribution is -2.45. The molecule has 2 rings (SSSR count). The van der Waals surface area contributed by atoms with Crippen molar-refractivity contribution in [2.75, 3.05) is 19.6 Å². The molecule has 1 atom stereocenters. The summed E-state index contributed by atoms with van der Waals surface area (Å²) < 4.78 is 0. The fourth-order valence-corrected chi connectivity index (χ4v) is 2.18. The summed E-state index contributed by atoms with van der Waals surface area (Å²) in [6.45, 7) is 6.02. The lowest BCUT2D eigenvalue weighted by molar-refractivity contribution is 0.179. The molecule has 6 nitrogen and oxygen atoms in total. The van der Waals surface area contributed by atoms with Crippen LogP contribution in [0.25, 0.3) is 0 Å². The summed E-state index contributed by atoms with van der Waals surface area (Å²) in [5, 5.41) is 9.87. The molecule has 94 valence electrons. The minimum atomic E-state index is 0.0180. The predicted octanol–water partition coefficient (Wildman–Crippen LogP) is 1.02. The second kappa shape index (κ2) is 5.16. The van der Waals surface area contributed by atoms with Crippen molar-refractivity contribution in [1.29, 1.82) is 0 Å². The number of rotatable bonds is 2. The van der Waals surface area contributed by atoms with Gasteiger partial charge in [0, 0.05) is 25.6 Å². The van der Waals surface area contributed by atoms with Crippen LogP contribution in [0, 0.1) is 6.92 Å². The van der Waals surface area contributed by atoms with Crippen molar-refractivity contribution in [3.63, 3.8) is 0 Å². The molecular weight excluding hydrogens is 218 g/mol. The zero-order chi connectivity index (χ0) is 12.3. The average molecular weight is 237 g/mol. The molecule has 1 aliphatic heterocycles. The number of H-pyrrole nitrogens is 1. The summed E-state index contributed by atoms with van der Waals surface area (Å²) in [6.07, 6.45) is 2.06. The first-order chi connectivity index (χ1) is 8.20. The molecule has 0 aromatic carbocycles. The lowest BCUT2D eigenvalue weighted by Gasteiger charge is -2.31. The number of urea groups is 1. The minimum Gasteiger partial charge on any atom is -0.338 e. The highest BCUT2D eigenvalue weighted by atomic mass is 16.2. The molecule has 0 radical (unpaired) electrons. The van der Waals surface area contributed by atoms with Crippen molar-refractivity contribution in [1.82, 2.24) is 25.4 Å². The van der Waals surface area contributed by atoms with Gasteiger partial charge in [-0.1, -0.05) is 0 Å². The summed E-state index contributed by atoms with van der Waals surface area (Å²) in [4.78, 5) is 17.9. The van der Waals surface area contributed by atoms with Gasteiger partial charge in [0.15, 0.2) is 5.82 Å². The number of amides is 2. The molecule has 1 aromatic heterocycles. The molecule has 2 heterocycles. The summed E-state index contributed by atoms with van der Waals surface area (Å²) in [5.41, 5.74) is 0. The second-order valence-corrected chi connectivity index (χ2v) is 4.40. The van der Waals surface area contributed by atoms with Crippen LogP contribution in [0.5, 0.6) is 0 Å². The number of piperidine rings is 1. The molecule has 0 saturated carbocycles. The van der Waals surface area contributed by atoms with Crippen LogP contribution in [0.4, 0.5) is 4.79 Å². The van der Waals surface area contributed by atoms with Gasteiger partial charge in [-0.05, 0) is 26.7 Å². The molecule has 0 bridgehead atoms. The Morgan fingerprint density at radius 1 is 1.65 bits per heavy atom. The van der Waals surface area contributed by atoms with Gasteiger partial charge in [-0.3, -0.25) is 5.10 Å². The maximum atomic E-state index is 11.7. The molecular formula is C11H19N5O. The first-order valence-electron chi connectivity index (χ1n) is 6.12. The Kier molecular flexibility index (Phi) is 3.61. The summed E-state index contributed by atoms with van der Waals surface area (Å²) in [5.74, 6) is 1.92. The molecule has 17 heavy (non-hydrogen) atoms. The molecule has 1 fully saturated rings. The maximum absolute atomic E-state index is 11.7. The van der Waals surface area contributed by atoms with Gasteiger partial charge in [-0.15, -0.1) is 0 Å². The van der Waals surface area contributed by atoms with Crippen LogP contribution in [0.3, 0.4) is 0 Å². The molecule has 1 saturated heterocycles. The van der Waals surface area contributed by atoms with Crippen LogP contribution in [0.1, 0.15) is 37.3 Å². The first-order valence-corrected chi connectivity index (χ1v) is 6.12. The van der Waals surface area contributed by atoms with Crippen molar-refractivity contribution >= 4 is 6.03 Å². The molecule has 6 heteroatoms. The number of hydrogen-bond donors (Lipinski definition) is 2. The molecule has 0 spiro atoms. The Bertz CT molecular complexity index is 389. The quantitative estimate of drug-likeness (QED) is 0.806. The van der Waals surface area contributed by atoms with E-state index >= 15 is 0 Å². The van der Waals surface area contributed by atoms with E-state index in [1.54, 1.807) is 0 Å². The number of hydrogen-bond acceptors (Lipinski definition) is 3. The van der Waals surface area contributed by atoms with Crippen LogP contribution in [0.2, 0.25) is 0 Å². The lowest BCUT2D eigenvalue weighted by atomic mass is 9.98. The fraction of sp³-hybridized carbons (Fsp3) is 0.727. The van der Waals surface area contributed by atoms with Crippen molar-refractivity contribution in [2.45, 2.75) is 32.6 Å². The first kappa shape index (κ1) is 11.9. The van der Waals surface area contributed by atoms with E-state index in [-0.39, 0.29) is 11.9 Å². The predicted molar refractivity (Wildman–Crippen MR) is 63.7 cm³/mol. The number of aromatic amines is 1. The fourth-order valence-electron chi connectivity index (χ4n) is 2.18. The van der Waals surface area contributed by atoms with E-state index in [0.717, 1.165) is 31.0 Å². The van der Waals surface area contributed by atoms with Crippen molar-refractivity contribution < 1.29 is 4.79 Å². The highest BCUT2D eigenvalue weighted by Gasteiger charge is 2.26. The Balaban J connectivity index is 1.99. The number of nitrogens with zero attached hydrogens (tertiary/aromatic N) is 3. The Labute approximate surface area is 101 Å². The van der Waals surface area contributed by atoms with Gasteiger partial charge in [0.2, 0.25) is 0 Å². The Hall–Kier alpha value is -1.59. The Morgan fingerprint density at radius 2 is 2.47 bits per heavy atom. The summed E-state index contributed by atoms with van der Waals surface area (Å²) in [6, 6.07) is 0.0180. The molecule has 2 amide bonds. The molecule has 0 aliphatic carbocycles. The topological polar surface area (TPSA) is 73.9 Å². The normalized spacial score (nSPS) is 20.4. The van der Waals surface area contributed by atoms with E-state index in [2.05, 4.69) is 20.5 Å². The number of carbonyl (C=O) groups excluding carboxylic acids is 1. The smallest absolute Gasteiger partial charge is 0.317 e. The van der Waals surface area contributed by atoms with Gasteiger partial charge in [-0.2, -0.15) is 5.10 Å². The van der Waals surface area contributed by atoms with E-state index in [9.17, 15) is 4.79 Å². The van der Waals surface area contributed by atoms with Gasteiger partial charge in [-0.25, -0.2) is 9.78 Å². The van der Waals surface area contributed by atoms with Crippen LogP contribution < -0.4 is 5.32 Å². The monoisotopic (exact) mass is 237 g/mol. The molecule has 0 unspecified atom stereocenters. The zero-order valence-electron chi connectivity index (χ0n) is 10.4.